The number of rotatable bonds is 6. The van der Waals surface area contributed by atoms with Gasteiger partial charge in [-0.05, 0) is 112 Å². The van der Waals surface area contributed by atoms with E-state index in [-0.39, 0.29) is 5.92 Å². The highest BCUT2D eigenvalue weighted by molar-refractivity contribution is 5.95. The molecule has 0 amide bonds. The quantitative estimate of drug-likeness (QED) is 0.157. The molecular formula is C62H42. The molecule has 0 heteroatoms. The molecule has 0 N–H and O–H groups in total. The van der Waals surface area contributed by atoms with Gasteiger partial charge in [0.1, 0.15) is 0 Å². The van der Waals surface area contributed by atoms with E-state index in [1.54, 1.807) is 0 Å². The van der Waals surface area contributed by atoms with Gasteiger partial charge in [0.05, 0.1) is 10.8 Å². The first-order valence-electron chi connectivity index (χ1n) is 22.0. The van der Waals surface area contributed by atoms with E-state index < -0.39 is 10.8 Å². The zero-order valence-corrected chi connectivity index (χ0v) is 34.3. The van der Waals surface area contributed by atoms with Crippen LogP contribution in [0.5, 0.6) is 0 Å². The maximum absolute atomic E-state index is 2.60. The Morgan fingerprint density at radius 1 is 0.306 bits per heavy atom. The van der Waals surface area contributed by atoms with Crippen LogP contribution in [0.2, 0.25) is 0 Å². The van der Waals surface area contributed by atoms with Crippen LogP contribution in [-0.2, 0) is 17.3 Å². The minimum absolute atomic E-state index is 0.0988. The van der Waals surface area contributed by atoms with E-state index in [1.165, 1.54) is 105 Å². The molecule has 3 aliphatic rings. The molecule has 10 aromatic rings. The highest BCUT2D eigenvalue weighted by Crippen LogP contribution is 2.63. The van der Waals surface area contributed by atoms with Gasteiger partial charge < -0.3 is 0 Å². The van der Waals surface area contributed by atoms with Crippen LogP contribution in [0.1, 0.15) is 67.1 Å². The van der Waals surface area contributed by atoms with Gasteiger partial charge in [-0.2, -0.15) is 0 Å². The number of benzene rings is 10. The Morgan fingerprint density at radius 3 is 1.39 bits per heavy atom. The highest BCUT2D eigenvalue weighted by Gasteiger charge is 2.52. The van der Waals surface area contributed by atoms with Gasteiger partial charge in [0, 0.05) is 5.92 Å². The first-order valence-corrected chi connectivity index (χ1v) is 22.0. The molecule has 0 saturated heterocycles. The summed E-state index contributed by atoms with van der Waals surface area (Å²) in [5, 5.41) is 2.59. The highest BCUT2D eigenvalue weighted by atomic mass is 14.5. The average Bonchev–Trinajstić information content (AvgIpc) is 3.93. The molecule has 13 rings (SSSR count). The van der Waals surface area contributed by atoms with Crippen LogP contribution < -0.4 is 0 Å². The Labute approximate surface area is 363 Å². The summed E-state index contributed by atoms with van der Waals surface area (Å²) in [5.74, 6) is 0.0988. The minimum atomic E-state index is -0.417. The largest absolute Gasteiger partial charge is 0.0725 e. The minimum Gasteiger partial charge on any atom is -0.0622 e. The molecule has 0 heterocycles. The Kier molecular flexibility index (Phi) is 7.66. The molecule has 0 saturated carbocycles. The van der Waals surface area contributed by atoms with Crippen molar-refractivity contribution in [1.29, 1.82) is 0 Å². The predicted octanol–water partition coefficient (Wildman–Crippen LogP) is 14.9. The normalized spacial score (nSPS) is 14.7. The van der Waals surface area contributed by atoms with Crippen molar-refractivity contribution >= 4 is 10.8 Å². The molecule has 3 aliphatic carbocycles. The summed E-state index contributed by atoms with van der Waals surface area (Å²) in [6.45, 7) is 0. The third-order valence-electron chi connectivity index (χ3n) is 14.6. The van der Waals surface area contributed by atoms with Crippen LogP contribution in [0.3, 0.4) is 0 Å². The lowest BCUT2D eigenvalue weighted by Crippen LogP contribution is -2.28. The molecule has 1 spiro atoms. The molecule has 290 valence electrons. The van der Waals surface area contributed by atoms with Crippen LogP contribution in [0, 0.1) is 0 Å². The number of hydrogen-bond acceptors (Lipinski definition) is 0. The summed E-state index contributed by atoms with van der Waals surface area (Å²) in [6.07, 6.45) is 0.860. The standard InChI is InChI=1S/C62H42/c1-3-20-44(21-4-1)61(45-22-5-2-6-23-45)55-30-13-12-28-51(55)54-39-41(34-37-59(54)61)38-53(47-29-17-19-42-18-7-8-24-46(42)47)43-35-36-52-50-27-11-16-33-58(50)62(60(52)40-43)56-31-14-9-25-48(56)49-26-10-15-32-57(49)62/h1-37,39-40,53H,38H2. The van der Waals surface area contributed by atoms with Crippen molar-refractivity contribution < 1.29 is 0 Å². The molecule has 0 nitrogen and oxygen atoms in total. The fourth-order valence-electron chi connectivity index (χ4n) is 12.1. The van der Waals surface area contributed by atoms with Gasteiger partial charge in [-0.3, -0.25) is 0 Å². The van der Waals surface area contributed by atoms with Crippen LogP contribution in [0.4, 0.5) is 0 Å². The first kappa shape index (κ1) is 35.2. The average molecular weight is 787 g/mol. The van der Waals surface area contributed by atoms with Crippen molar-refractivity contribution in [3.8, 4) is 33.4 Å². The predicted molar refractivity (Wildman–Crippen MR) is 256 cm³/mol. The molecule has 1 atom stereocenters. The Bertz CT molecular complexity index is 3280. The maximum Gasteiger partial charge on any atom is 0.0725 e. The summed E-state index contributed by atoms with van der Waals surface area (Å²) >= 11 is 0. The van der Waals surface area contributed by atoms with Crippen molar-refractivity contribution in [2.24, 2.45) is 0 Å². The first-order chi connectivity index (χ1) is 30.8. The molecular weight excluding hydrogens is 745 g/mol. The lowest BCUT2D eigenvalue weighted by atomic mass is 9.67. The van der Waals surface area contributed by atoms with Gasteiger partial charge in [0.15, 0.2) is 0 Å². The second-order valence-electron chi connectivity index (χ2n) is 17.4. The van der Waals surface area contributed by atoms with E-state index in [4.69, 9.17) is 0 Å². The summed E-state index contributed by atoms with van der Waals surface area (Å²) in [4.78, 5) is 0. The summed E-state index contributed by atoms with van der Waals surface area (Å²) in [5.41, 5.74) is 22.0. The summed E-state index contributed by atoms with van der Waals surface area (Å²) < 4.78 is 0. The van der Waals surface area contributed by atoms with Gasteiger partial charge in [0.25, 0.3) is 0 Å². The SMILES string of the molecule is c1ccc(C2(c3ccccc3)c3ccccc3-c3cc(CC(c4ccc5c(c4)C4(c6ccccc6-c6ccccc64)c4ccccc4-5)c4cccc5ccccc45)ccc32)cc1. The van der Waals surface area contributed by atoms with Gasteiger partial charge in [-0.25, -0.2) is 0 Å². The van der Waals surface area contributed by atoms with Crippen LogP contribution >= 0.6 is 0 Å². The molecule has 0 aliphatic heterocycles. The van der Waals surface area contributed by atoms with Gasteiger partial charge >= 0.3 is 0 Å². The third-order valence-corrected chi connectivity index (χ3v) is 14.6. The Hall–Kier alpha value is -7.54. The fourth-order valence-corrected chi connectivity index (χ4v) is 12.1. The van der Waals surface area contributed by atoms with E-state index in [9.17, 15) is 0 Å². The van der Waals surface area contributed by atoms with E-state index >= 15 is 0 Å². The molecule has 62 heavy (non-hydrogen) atoms. The monoisotopic (exact) mass is 786 g/mol. The topological polar surface area (TPSA) is 0 Å². The summed E-state index contributed by atoms with van der Waals surface area (Å²) in [6, 6.07) is 89.4. The fraction of sp³-hybridized carbons (Fsp3) is 0.0645. The van der Waals surface area contributed by atoms with Gasteiger partial charge in [-0.15, -0.1) is 0 Å². The molecule has 0 bridgehead atoms. The number of fused-ring (bicyclic) bond motifs is 14. The molecule has 1 unspecified atom stereocenters. The number of hydrogen-bond donors (Lipinski definition) is 0. The van der Waals surface area contributed by atoms with Crippen molar-refractivity contribution in [2.45, 2.75) is 23.2 Å². The van der Waals surface area contributed by atoms with Crippen LogP contribution in [0.15, 0.2) is 237 Å². The maximum atomic E-state index is 2.60. The zero-order valence-electron chi connectivity index (χ0n) is 34.3. The van der Waals surface area contributed by atoms with Gasteiger partial charge in [-0.1, -0.05) is 237 Å². The van der Waals surface area contributed by atoms with E-state index in [1.807, 2.05) is 0 Å². The van der Waals surface area contributed by atoms with Crippen LogP contribution in [0.25, 0.3) is 44.2 Å². The molecule has 0 radical (unpaired) electrons. The van der Waals surface area contributed by atoms with Crippen molar-refractivity contribution in [1.82, 2.24) is 0 Å². The van der Waals surface area contributed by atoms with E-state index in [2.05, 4.69) is 237 Å². The lowest BCUT2D eigenvalue weighted by molar-refractivity contribution is 0.764. The summed E-state index contributed by atoms with van der Waals surface area (Å²) in [7, 11) is 0. The lowest BCUT2D eigenvalue weighted by Gasteiger charge is -2.34. The second-order valence-corrected chi connectivity index (χ2v) is 17.4. The molecule has 0 fully saturated rings. The van der Waals surface area contributed by atoms with Crippen molar-refractivity contribution in [3.05, 3.63) is 298 Å². The van der Waals surface area contributed by atoms with Crippen molar-refractivity contribution in [2.75, 3.05) is 0 Å². The third kappa shape index (κ3) is 4.73. The molecule has 10 aromatic carbocycles. The Balaban J connectivity index is 1.03. The van der Waals surface area contributed by atoms with Crippen LogP contribution in [-0.4, -0.2) is 0 Å². The van der Waals surface area contributed by atoms with E-state index in [0.29, 0.717) is 0 Å². The van der Waals surface area contributed by atoms with Gasteiger partial charge in [0.2, 0.25) is 0 Å². The smallest absolute Gasteiger partial charge is 0.0622 e. The molecule has 0 aromatic heterocycles. The Morgan fingerprint density at radius 2 is 0.774 bits per heavy atom. The van der Waals surface area contributed by atoms with E-state index in [0.717, 1.165) is 6.42 Å². The second kappa shape index (κ2) is 13.5. The zero-order chi connectivity index (χ0) is 40.8. The van der Waals surface area contributed by atoms with Crippen molar-refractivity contribution in [3.63, 3.8) is 0 Å².